The average molecular weight is 807 g/mol. The summed E-state index contributed by atoms with van der Waals surface area (Å²) in [6.45, 7) is 0. The maximum atomic E-state index is 6.13. The predicted octanol–water partition coefficient (Wildman–Crippen LogP) is 17.6. The molecule has 12 aromatic rings. The number of benzene rings is 10. The molecule has 1 nitrogen and oxygen atoms in total. The number of para-hydroxylation sites is 1. The molecule has 12 rings (SSSR count). The zero-order valence-corrected chi connectivity index (χ0v) is 34.6. The van der Waals surface area contributed by atoms with E-state index in [1.807, 2.05) is 23.5 Å². The Balaban J connectivity index is 0.913. The second-order valence-corrected chi connectivity index (χ2v) is 17.1. The van der Waals surface area contributed by atoms with E-state index >= 15 is 0 Å². The zero-order valence-electron chi connectivity index (χ0n) is 33.8. The quantitative estimate of drug-likeness (QED) is 0.156. The summed E-state index contributed by atoms with van der Waals surface area (Å²) in [6.07, 6.45) is 0. The lowest BCUT2D eigenvalue weighted by Crippen LogP contribution is -1.88. The van der Waals surface area contributed by atoms with E-state index < -0.39 is 0 Å². The van der Waals surface area contributed by atoms with Gasteiger partial charge in [-0.15, -0.1) is 11.3 Å². The summed E-state index contributed by atoms with van der Waals surface area (Å²) in [5.41, 5.74) is 18.6. The molecule has 0 aliphatic heterocycles. The van der Waals surface area contributed by atoms with Gasteiger partial charge in [-0.05, 0) is 145 Å². The van der Waals surface area contributed by atoms with Crippen molar-refractivity contribution < 1.29 is 4.42 Å². The van der Waals surface area contributed by atoms with Gasteiger partial charge in [-0.1, -0.05) is 164 Å². The van der Waals surface area contributed by atoms with Gasteiger partial charge in [0.2, 0.25) is 0 Å². The Kier molecular flexibility index (Phi) is 8.76. The van der Waals surface area contributed by atoms with Crippen LogP contribution in [0.3, 0.4) is 0 Å². The topological polar surface area (TPSA) is 13.1 Å². The molecule has 0 bridgehead atoms. The highest BCUT2D eigenvalue weighted by atomic mass is 32.1. The van der Waals surface area contributed by atoms with Crippen molar-refractivity contribution in [1.29, 1.82) is 0 Å². The van der Waals surface area contributed by atoms with Crippen LogP contribution in [0.4, 0.5) is 0 Å². The summed E-state index contributed by atoms with van der Waals surface area (Å²) < 4.78 is 8.79. The zero-order chi connectivity index (χ0) is 41.0. The normalized spacial score (nSPS) is 11.5. The molecule has 2 aromatic heterocycles. The molecule has 290 valence electrons. The highest BCUT2D eigenvalue weighted by Gasteiger charge is 2.14. The SMILES string of the molecule is c1ccc(-c2cc(-c3cccc(-c4cccc(-c5ccc6oc7ccccc7c6c5)c4)c3)cc(-c3cccc(-c4cccc(-c5cccc6c5sc5ccccc56)c4)c3)c2)cc1. The third kappa shape index (κ3) is 6.50. The summed E-state index contributed by atoms with van der Waals surface area (Å²) in [7, 11) is 0. The maximum absolute atomic E-state index is 6.13. The Morgan fingerprint density at radius 2 is 0.661 bits per heavy atom. The maximum Gasteiger partial charge on any atom is 0.135 e. The molecular formula is C60H38OS. The Morgan fingerprint density at radius 3 is 1.31 bits per heavy atom. The van der Waals surface area contributed by atoms with E-state index in [9.17, 15) is 0 Å². The molecule has 2 heteroatoms. The molecule has 10 aromatic carbocycles. The first kappa shape index (κ1) is 36.1. The van der Waals surface area contributed by atoms with Gasteiger partial charge in [0.25, 0.3) is 0 Å². The molecule has 0 fully saturated rings. The Labute approximate surface area is 364 Å². The summed E-state index contributed by atoms with van der Waals surface area (Å²) in [4.78, 5) is 0. The van der Waals surface area contributed by atoms with Crippen molar-refractivity contribution in [2.24, 2.45) is 0 Å². The van der Waals surface area contributed by atoms with Gasteiger partial charge < -0.3 is 4.42 Å². The lowest BCUT2D eigenvalue weighted by Gasteiger charge is -2.14. The van der Waals surface area contributed by atoms with Gasteiger partial charge in [0.15, 0.2) is 0 Å². The molecule has 0 unspecified atom stereocenters. The Hall–Kier alpha value is -7.78. The van der Waals surface area contributed by atoms with Gasteiger partial charge in [-0.25, -0.2) is 0 Å². The molecule has 0 saturated carbocycles. The van der Waals surface area contributed by atoms with Crippen molar-refractivity contribution in [1.82, 2.24) is 0 Å². The van der Waals surface area contributed by atoms with E-state index in [0.717, 1.165) is 21.9 Å². The van der Waals surface area contributed by atoms with E-state index in [-0.39, 0.29) is 0 Å². The molecule has 0 spiro atoms. The molecule has 0 aliphatic rings. The number of hydrogen-bond donors (Lipinski definition) is 0. The number of fused-ring (bicyclic) bond motifs is 6. The molecule has 0 aliphatic carbocycles. The van der Waals surface area contributed by atoms with Crippen LogP contribution in [-0.2, 0) is 0 Å². The van der Waals surface area contributed by atoms with E-state index in [4.69, 9.17) is 4.42 Å². The van der Waals surface area contributed by atoms with Crippen molar-refractivity contribution in [2.75, 3.05) is 0 Å². The minimum absolute atomic E-state index is 0.911. The molecule has 0 saturated heterocycles. The Bertz CT molecular complexity index is 3640. The van der Waals surface area contributed by atoms with Crippen LogP contribution in [0.25, 0.3) is 120 Å². The van der Waals surface area contributed by atoms with Gasteiger partial charge in [0.1, 0.15) is 11.2 Å². The van der Waals surface area contributed by atoms with Crippen molar-refractivity contribution in [2.45, 2.75) is 0 Å². The summed E-state index contributed by atoms with van der Waals surface area (Å²) in [6, 6.07) is 83.8. The second-order valence-electron chi connectivity index (χ2n) is 16.1. The predicted molar refractivity (Wildman–Crippen MR) is 265 cm³/mol. The molecule has 62 heavy (non-hydrogen) atoms. The molecular weight excluding hydrogens is 769 g/mol. The van der Waals surface area contributed by atoms with Gasteiger partial charge in [0, 0.05) is 30.9 Å². The fraction of sp³-hybridized carbons (Fsp3) is 0. The number of hydrogen-bond acceptors (Lipinski definition) is 2. The average Bonchev–Trinajstić information content (AvgIpc) is 3.93. The third-order valence-corrected chi connectivity index (χ3v) is 13.5. The summed E-state index contributed by atoms with van der Waals surface area (Å²) in [5, 5.41) is 4.92. The Morgan fingerprint density at radius 1 is 0.242 bits per heavy atom. The van der Waals surface area contributed by atoms with Crippen LogP contribution in [0.2, 0.25) is 0 Å². The first-order valence-corrected chi connectivity index (χ1v) is 21.9. The van der Waals surface area contributed by atoms with Gasteiger partial charge in [-0.2, -0.15) is 0 Å². The first-order valence-electron chi connectivity index (χ1n) is 21.1. The standard InChI is InChI=1S/C60H38OS/c1-2-13-39(14-3-1)49-35-50(45-20-9-16-41(32-45)40-15-8-18-43(31-40)47-29-30-58-56(38-47)53-23-4-6-27-57(53)61-58)37-51(36-49)46-21-10-17-42(33-46)44-19-11-22-48(34-44)52-25-12-26-55-54-24-5-7-28-59(54)62-60(52)55/h1-38H. The van der Waals surface area contributed by atoms with Crippen LogP contribution in [0.15, 0.2) is 235 Å². The minimum atomic E-state index is 0.911. The van der Waals surface area contributed by atoms with Crippen molar-refractivity contribution in [3.63, 3.8) is 0 Å². The second kappa shape index (κ2) is 15.0. The van der Waals surface area contributed by atoms with Crippen LogP contribution >= 0.6 is 11.3 Å². The van der Waals surface area contributed by atoms with Gasteiger partial charge >= 0.3 is 0 Å². The number of thiophene rings is 1. The highest BCUT2D eigenvalue weighted by molar-refractivity contribution is 7.26. The highest BCUT2D eigenvalue weighted by Crippen LogP contribution is 2.42. The van der Waals surface area contributed by atoms with Crippen LogP contribution in [0.1, 0.15) is 0 Å². The summed E-state index contributed by atoms with van der Waals surface area (Å²) in [5.74, 6) is 0. The molecule has 2 heterocycles. The van der Waals surface area contributed by atoms with E-state index in [1.54, 1.807) is 0 Å². The van der Waals surface area contributed by atoms with Crippen molar-refractivity contribution in [3.05, 3.63) is 231 Å². The fourth-order valence-electron chi connectivity index (χ4n) is 9.14. The monoisotopic (exact) mass is 806 g/mol. The van der Waals surface area contributed by atoms with Crippen LogP contribution in [0, 0.1) is 0 Å². The van der Waals surface area contributed by atoms with E-state index in [1.165, 1.54) is 98.1 Å². The van der Waals surface area contributed by atoms with Crippen molar-refractivity contribution >= 4 is 53.4 Å². The largest absolute Gasteiger partial charge is 0.456 e. The van der Waals surface area contributed by atoms with Gasteiger partial charge in [-0.3, -0.25) is 0 Å². The third-order valence-electron chi connectivity index (χ3n) is 12.2. The lowest BCUT2D eigenvalue weighted by molar-refractivity contribution is 0.669. The van der Waals surface area contributed by atoms with Crippen LogP contribution in [0.5, 0.6) is 0 Å². The van der Waals surface area contributed by atoms with Crippen LogP contribution < -0.4 is 0 Å². The van der Waals surface area contributed by atoms with E-state index in [0.29, 0.717) is 0 Å². The lowest BCUT2D eigenvalue weighted by atomic mass is 9.90. The first-order chi connectivity index (χ1) is 30.7. The molecule has 0 N–H and O–H groups in total. The molecule has 0 atom stereocenters. The summed E-state index contributed by atoms with van der Waals surface area (Å²) >= 11 is 1.88. The molecule has 0 amide bonds. The van der Waals surface area contributed by atoms with Crippen LogP contribution in [-0.4, -0.2) is 0 Å². The fourth-order valence-corrected chi connectivity index (χ4v) is 10.4. The van der Waals surface area contributed by atoms with Gasteiger partial charge in [0.05, 0.1) is 0 Å². The number of furan rings is 1. The number of rotatable bonds is 7. The molecule has 0 radical (unpaired) electrons. The van der Waals surface area contributed by atoms with E-state index in [2.05, 4.69) is 218 Å². The minimum Gasteiger partial charge on any atom is -0.456 e. The van der Waals surface area contributed by atoms with Crippen molar-refractivity contribution in [3.8, 4) is 77.9 Å². The smallest absolute Gasteiger partial charge is 0.135 e.